The molecular weight excluding hydrogens is 364 g/mol. The van der Waals surface area contributed by atoms with E-state index in [1.807, 2.05) is 35.4 Å². The number of para-hydroxylation sites is 1. The van der Waals surface area contributed by atoms with Gasteiger partial charge in [0.1, 0.15) is 5.76 Å². The number of carbonyl (C=O) groups excluding carboxylic acids is 2. The third kappa shape index (κ3) is 5.03. The summed E-state index contributed by atoms with van der Waals surface area (Å²) < 4.78 is 4.93. The predicted molar refractivity (Wildman–Crippen MR) is 105 cm³/mol. The predicted octanol–water partition coefficient (Wildman–Crippen LogP) is 3.38. The maximum absolute atomic E-state index is 12.6. The van der Waals surface area contributed by atoms with Gasteiger partial charge in [-0.15, -0.1) is 11.8 Å². The number of likely N-dealkylation sites (tertiary alicyclic amines) is 1. The van der Waals surface area contributed by atoms with Crippen molar-refractivity contribution < 1.29 is 14.1 Å². The van der Waals surface area contributed by atoms with Gasteiger partial charge in [-0.2, -0.15) is 0 Å². The van der Waals surface area contributed by atoms with Crippen molar-refractivity contribution in [2.24, 2.45) is 5.92 Å². The maximum Gasteiger partial charge on any atom is 0.321 e. The second kappa shape index (κ2) is 8.94. The smallest absolute Gasteiger partial charge is 0.321 e. The number of rotatable bonds is 5. The highest BCUT2D eigenvalue weighted by Crippen LogP contribution is 2.25. The van der Waals surface area contributed by atoms with E-state index in [2.05, 4.69) is 15.8 Å². The van der Waals surface area contributed by atoms with E-state index < -0.39 is 0 Å². The van der Waals surface area contributed by atoms with Crippen molar-refractivity contribution >= 4 is 29.4 Å². The molecule has 7 nitrogen and oxygen atoms in total. The fourth-order valence-corrected chi connectivity index (χ4v) is 3.71. The van der Waals surface area contributed by atoms with Crippen LogP contribution in [0.4, 0.5) is 10.5 Å². The second-order valence-corrected chi connectivity index (χ2v) is 7.47. The molecule has 1 aliphatic heterocycles. The van der Waals surface area contributed by atoms with Crippen LogP contribution in [0.3, 0.4) is 0 Å². The van der Waals surface area contributed by atoms with Crippen LogP contribution in [0.15, 0.2) is 39.8 Å². The fraction of sp³-hybridized carbons (Fsp3) is 0.421. The summed E-state index contributed by atoms with van der Waals surface area (Å²) >= 11 is 1.60. The van der Waals surface area contributed by atoms with Crippen LogP contribution in [0.2, 0.25) is 0 Å². The minimum Gasteiger partial charge on any atom is -0.361 e. The van der Waals surface area contributed by atoms with Crippen molar-refractivity contribution in [3.05, 3.63) is 41.8 Å². The molecule has 1 aromatic heterocycles. The monoisotopic (exact) mass is 388 g/mol. The number of thioether (sulfide) groups is 1. The summed E-state index contributed by atoms with van der Waals surface area (Å²) in [6, 6.07) is 9.28. The lowest BCUT2D eigenvalue weighted by Crippen LogP contribution is -2.45. The number of hydrogen-bond donors (Lipinski definition) is 2. The topological polar surface area (TPSA) is 87.5 Å². The first-order chi connectivity index (χ1) is 13.1. The largest absolute Gasteiger partial charge is 0.361 e. The molecule has 0 bridgehead atoms. The van der Waals surface area contributed by atoms with Gasteiger partial charge in [0.05, 0.1) is 5.69 Å². The van der Waals surface area contributed by atoms with E-state index in [0.717, 1.165) is 30.0 Å². The molecule has 144 valence electrons. The Morgan fingerprint density at radius 3 is 2.93 bits per heavy atom. The van der Waals surface area contributed by atoms with Crippen molar-refractivity contribution in [1.82, 2.24) is 15.4 Å². The molecule has 2 aromatic rings. The summed E-state index contributed by atoms with van der Waals surface area (Å²) in [7, 11) is 0. The van der Waals surface area contributed by atoms with Crippen molar-refractivity contribution in [3.8, 4) is 0 Å². The van der Waals surface area contributed by atoms with Crippen LogP contribution in [0, 0.1) is 12.8 Å². The second-order valence-electron chi connectivity index (χ2n) is 6.62. The molecule has 0 saturated carbocycles. The van der Waals surface area contributed by atoms with Gasteiger partial charge in [0.2, 0.25) is 0 Å². The van der Waals surface area contributed by atoms with Gasteiger partial charge < -0.3 is 20.1 Å². The lowest BCUT2D eigenvalue weighted by molar-refractivity contribution is 0.0929. The molecule has 0 aliphatic carbocycles. The molecule has 2 N–H and O–H groups in total. The highest BCUT2D eigenvalue weighted by molar-refractivity contribution is 7.98. The molecule has 27 heavy (non-hydrogen) atoms. The van der Waals surface area contributed by atoms with Gasteiger partial charge in [-0.3, -0.25) is 4.79 Å². The summed E-state index contributed by atoms with van der Waals surface area (Å²) in [5.74, 6) is 0.575. The first-order valence-corrected chi connectivity index (χ1v) is 10.2. The molecule has 3 amide bonds. The zero-order valence-electron chi connectivity index (χ0n) is 15.5. The van der Waals surface area contributed by atoms with E-state index in [4.69, 9.17) is 4.52 Å². The quantitative estimate of drug-likeness (QED) is 0.767. The Hall–Kier alpha value is -2.48. The zero-order valence-corrected chi connectivity index (χ0v) is 16.3. The molecule has 0 spiro atoms. The summed E-state index contributed by atoms with van der Waals surface area (Å²) in [5, 5.41) is 9.61. The van der Waals surface area contributed by atoms with Crippen LogP contribution in [0.5, 0.6) is 0 Å². The van der Waals surface area contributed by atoms with Gasteiger partial charge in [-0.1, -0.05) is 17.3 Å². The summed E-state index contributed by atoms with van der Waals surface area (Å²) in [5.41, 5.74) is 1.11. The highest BCUT2D eigenvalue weighted by Gasteiger charge is 2.25. The third-order valence-corrected chi connectivity index (χ3v) is 5.36. The average molecular weight is 388 g/mol. The number of urea groups is 1. The fourth-order valence-electron chi connectivity index (χ4n) is 3.16. The van der Waals surface area contributed by atoms with Crippen LogP contribution in [0.1, 0.15) is 29.1 Å². The van der Waals surface area contributed by atoms with Gasteiger partial charge in [0.15, 0.2) is 5.69 Å². The number of piperidine rings is 1. The molecule has 3 rings (SSSR count). The molecule has 2 heterocycles. The Morgan fingerprint density at radius 1 is 1.37 bits per heavy atom. The van der Waals surface area contributed by atoms with E-state index in [1.54, 1.807) is 24.8 Å². The molecule has 1 aromatic carbocycles. The van der Waals surface area contributed by atoms with Gasteiger partial charge >= 0.3 is 6.03 Å². The highest BCUT2D eigenvalue weighted by atomic mass is 32.2. The summed E-state index contributed by atoms with van der Waals surface area (Å²) in [6.07, 6.45) is 3.88. The number of aromatic nitrogens is 1. The van der Waals surface area contributed by atoms with E-state index in [9.17, 15) is 9.59 Å². The van der Waals surface area contributed by atoms with Crippen LogP contribution >= 0.6 is 11.8 Å². The standard InChI is InChI=1S/C19H24N4O3S/c1-13-10-16(22-26-13)18(24)20-11-14-6-5-9-23(12-14)19(25)21-15-7-3-4-8-17(15)27-2/h3-4,7-8,10,14H,5-6,9,11-12H2,1-2H3,(H,20,24)(H,21,25)/t14-/m1/s1. The summed E-state index contributed by atoms with van der Waals surface area (Å²) in [4.78, 5) is 27.6. The number of hydrogen-bond acceptors (Lipinski definition) is 5. The Morgan fingerprint density at radius 2 is 2.19 bits per heavy atom. The number of nitrogens with zero attached hydrogens (tertiary/aromatic N) is 2. The van der Waals surface area contributed by atoms with Gasteiger partial charge in [0.25, 0.3) is 5.91 Å². The van der Waals surface area contributed by atoms with Crippen LogP contribution < -0.4 is 10.6 Å². The number of nitrogens with one attached hydrogen (secondary N) is 2. The van der Waals surface area contributed by atoms with Gasteiger partial charge in [-0.25, -0.2) is 4.79 Å². The Balaban J connectivity index is 1.52. The summed E-state index contributed by atoms with van der Waals surface area (Å²) in [6.45, 7) is 3.60. The van der Waals surface area contributed by atoms with Crippen molar-refractivity contribution in [2.75, 3.05) is 31.2 Å². The first-order valence-electron chi connectivity index (χ1n) is 8.97. The van der Waals surface area contributed by atoms with Crippen molar-refractivity contribution in [1.29, 1.82) is 0 Å². The zero-order chi connectivity index (χ0) is 19.2. The molecule has 1 aliphatic rings. The molecule has 1 atom stereocenters. The molecule has 0 unspecified atom stereocenters. The van der Waals surface area contributed by atoms with E-state index in [-0.39, 0.29) is 23.6 Å². The first kappa shape index (κ1) is 19.3. The molecular formula is C19H24N4O3S. The number of carbonyl (C=O) groups is 2. The average Bonchev–Trinajstić information content (AvgIpc) is 3.13. The van der Waals surface area contributed by atoms with E-state index >= 15 is 0 Å². The Bertz CT molecular complexity index is 808. The maximum atomic E-state index is 12.6. The van der Waals surface area contributed by atoms with Crippen LogP contribution in [-0.4, -0.2) is 47.9 Å². The molecule has 1 saturated heterocycles. The van der Waals surface area contributed by atoms with Crippen molar-refractivity contribution in [3.63, 3.8) is 0 Å². The Kier molecular flexibility index (Phi) is 6.39. The van der Waals surface area contributed by atoms with Gasteiger partial charge in [-0.05, 0) is 44.1 Å². The number of anilines is 1. The lowest BCUT2D eigenvalue weighted by atomic mass is 9.98. The number of aryl methyl sites for hydroxylation is 1. The van der Waals surface area contributed by atoms with Crippen LogP contribution in [0.25, 0.3) is 0 Å². The lowest BCUT2D eigenvalue weighted by Gasteiger charge is -2.33. The molecule has 0 radical (unpaired) electrons. The normalized spacial score (nSPS) is 16.8. The SMILES string of the molecule is CSc1ccccc1NC(=O)N1CCC[C@H](CNC(=O)c2cc(C)on2)C1. The third-order valence-electron chi connectivity index (χ3n) is 4.57. The molecule has 1 fully saturated rings. The minimum absolute atomic E-state index is 0.0975. The number of amides is 3. The van der Waals surface area contributed by atoms with Crippen LogP contribution in [-0.2, 0) is 0 Å². The Labute approximate surface area is 162 Å². The number of benzene rings is 1. The minimum atomic E-state index is -0.248. The van der Waals surface area contributed by atoms with E-state index in [1.165, 1.54) is 0 Å². The van der Waals surface area contributed by atoms with Crippen molar-refractivity contribution in [2.45, 2.75) is 24.7 Å². The van der Waals surface area contributed by atoms with E-state index in [0.29, 0.717) is 18.8 Å². The van der Waals surface area contributed by atoms with Gasteiger partial charge in [0, 0.05) is 30.6 Å². The molecule has 8 heteroatoms.